The van der Waals surface area contributed by atoms with Crippen molar-refractivity contribution in [2.24, 2.45) is 5.41 Å². The minimum atomic E-state index is 0.412. The summed E-state index contributed by atoms with van der Waals surface area (Å²) in [6, 6.07) is 7.00. The lowest BCUT2D eigenvalue weighted by molar-refractivity contribution is 0.105. The molecule has 6 nitrogen and oxygen atoms in total. The molecule has 1 saturated heterocycles. The van der Waals surface area contributed by atoms with Crippen LogP contribution in [0.3, 0.4) is 0 Å². The Hall–Kier alpha value is -2.05. The quantitative estimate of drug-likeness (QED) is 0.760. The van der Waals surface area contributed by atoms with E-state index in [2.05, 4.69) is 46.9 Å². The van der Waals surface area contributed by atoms with Crippen molar-refractivity contribution in [1.82, 2.24) is 24.8 Å². The van der Waals surface area contributed by atoms with E-state index in [0.717, 1.165) is 56.6 Å². The Labute approximate surface area is 180 Å². The van der Waals surface area contributed by atoms with E-state index in [1.807, 2.05) is 13.1 Å². The average molecular weight is 407 g/mol. The number of hydrogen-bond donors (Lipinski definition) is 0. The normalized spacial score (nSPS) is 23.1. The van der Waals surface area contributed by atoms with E-state index in [0.29, 0.717) is 11.5 Å². The number of aryl methyl sites for hydroxylation is 2. The van der Waals surface area contributed by atoms with Gasteiger partial charge in [0, 0.05) is 45.0 Å². The van der Waals surface area contributed by atoms with Crippen molar-refractivity contribution in [1.29, 1.82) is 0 Å². The molecule has 0 bridgehead atoms. The fraction of sp³-hybridized carbons (Fsp3) is 0.625. The molecule has 3 aliphatic rings. The molecule has 0 amide bonds. The Morgan fingerprint density at radius 2 is 1.93 bits per heavy atom. The Morgan fingerprint density at radius 3 is 2.67 bits per heavy atom. The van der Waals surface area contributed by atoms with Gasteiger partial charge >= 0.3 is 0 Å². The molecule has 2 aromatic heterocycles. The molecule has 6 heteroatoms. The minimum Gasteiger partial charge on any atom is -0.354 e. The molecule has 0 radical (unpaired) electrons. The molecule has 2 fully saturated rings. The highest BCUT2D eigenvalue weighted by molar-refractivity contribution is 5.41. The van der Waals surface area contributed by atoms with Gasteiger partial charge in [-0.05, 0) is 63.2 Å². The molecule has 1 spiro atoms. The third kappa shape index (κ3) is 3.71. The predicted octanol–water partition coefficient (Wildman–Crippen LogP) is 3.22. The molecular formula is C24H34N6. The van der Waals surface area contributed by atoms with Crippen molar-refractivity contribution < 1.29 is 0 Å². The standard InChI is InChI=1S/C24H34N6/c1-4-29(23-22-19(6-5-11-25-22)7-8-24(23)9-10-24)17-20-16-21(27-18(2)26-20)30-14-12-28(3)13-15-30/h5-6,11,16,23H,4,7-10,12-15,17H2,1-3H3. The highest BCUT2D eigenvalue weighted by Gasteiger charge is 2.54. The third-order valence-electron chi connectivity index (χ3n) is 7.39. The van der Waals surface area contributed by atoms with Crippen LogP contribution in [0.4, 0.5) is 5.82 Å². The zero-order valence-corrected chi connectivity index (χ0v) is 18.6. The van der Waals surface area contributed by atoms with Crippen molar-refractivity contribution in [3.8, 4) is 0 Å². The monoisotopic (exact) mass is 406 g/mol. The van der Waals surface area contributed by atoms with Crippen LogP contribution < -0.4 is 4.90 Å². The zero-order valence-electron chi connectivity index (χ0n) is 18.6. The van der Waals surface area contributed by atoms with Crippen LogP contribution >= 0.6 is 0 Å². The summed E-state index contributed by atoms with van der Waals surface area (Å²) in [4.78, 5) is 21.9. The summed E-state index contributed by atoms with van der Waals surface area (Å²) in [5, 5.41) is 0. The van der Waals surface area contributed by atoms with Gasteiger partial charge in [-0.3, -0.25) is 9.88 Å². The number of likely N-dealkylation sites (N-methyl/N-ethyl adjacent to an activating group) is 1. The molecule has 1 atom stereocenters. The third-order valence-corrected chi connectivity index (χ3v) is 7.39. The van der Waals surface area contributed by atoms with E-state index >= 15 is 0 Å². The summed E-state index contributed by atoms with van der Waals surface area (Å²) >= 11 is 0. The summed E-state index contributed by atoms with van der Waals surface area (Å²) in [6.07, 6.45) is 7.11. The smallest absolute Gasteiger partial charge is 0.132 e. The first-order valence-corrected chi connectivity index (χ1v) is 11.5. The second-order valence-corrected chi connectivity index (χ2v) is 9.43. The summed E-state index contributed by atoms with van der Waals surface area (Å²) in [6.45, 7) is 10.4. The fourth-order valence-corrected chi connectivity index (χ4v) is 5.45. The van der Waals surface area contributed by atoms with Gasteiger partial charge in [-0.15, -0.1) is 0 Å². The van der Waals surface area contributed by atoms with Crippen molar-refractivity contribution in [3.63, 3.8) is 0 Å². The lowest BCUT2D eigenvalue weighted by Crippen LogP contribution is -2.45. The Bertz CT molecular complexity index is 900. The SMILES string of the molecule is CCN(Cc1cc(N2CCN(C)CC2)nc(C)n1)C1c2ncccc2CCC12CC2. The average Bonchev–Trinajstić information content (AvgIpc) is 3.52. The Kier molecular flexibility index (Phi) is 5.23. The molecular weight excluding hydrogens is 372 g/mol. The van der Waals surface area contributed by atoms with Gasteiger partial charge in [0.2, 0.25) is 0 Å². The van der Waals surface area contributed by atoms with E-state index in [4.69, 9.17) is 15.0 Å². The molecule has 0 aromatic carbocycles. The van der Waals surface area contributed by atoms with E-state index < -0.39 is 0 Å². The molecule has 2 aromatic rings. The van der Waals surface area contributed by atoms with Gasteiger partial charge in [0.1, 0.15) is 11.6 Å². The number of fused-ring (bicyclic) bond motifs is 1. The summed E-state index contributed by atoms with van der Waals surface area (Å²) < 4.78 is 0. The number of pyridine rings is 1. The molecule has 2 aliphatic carbocycles. The van der Waals surface area contributed by atoms with Gasteiger partial charge in [0.25, 0.3) is 0 Å². The van der Waals surface area contributed by atoms with Gasteiger partial charge < -0.3 is 9.80 Å². The second kappa shape index (κ2) is 7.89. The zero-order chi connectivity index (χ0) is 20.7. The molecule has 1 unspecified atom stereocenters. The first-order chi connectivity index (χ1) is 14.6. The maximum Gasteiger partial charge on any atom is 0.132 e. The van der Waals surface area contributed by atoms with Crippen LogP contribution in [0.5, 0.6) is 0 Å². The second-order valence-electron chi connectivity index (χ2n) is 9.43. The molecule has 3 heterocycles. The molecule has 30 heavy (non-hydrogen) atoms. The van der Waals surface area contributed by atoms with E-state index in [1.54, 1.807) is 0 Å². The minimum absolute atomic E-state index is 0.412. The van der Waals surface area contributed by atoms with Crippen LogP contribution in [0, 0.1) is 12.3 Å². The molecule has 160 valence electrons. The molecule has 1 saturated carbocycles. The largest absolute Gasteiger partial charge is 0.354 e. The number of rotatable bonds is 5. The van der Waals surface area contributed by atoms with Gasteiger partial charge in [-0.1, -0.05) is 13.0 Å². The highest BCUT2D eigenvalue weighted by Crippen LogP contribution is 2.62. The van der Waals surface area contributed by atoms with Crippen molar-refractivity contribution in [2.75, 3.05) is 44.7 Å². The lowest BCUT2D eigenvalue weighted by atomic mass is 9.79. The number of hydrogen-bond acceptors (Lipinski definition) is 6. The highest BCUT2D eigenvalue weighted by atomic mass is 15.3. The fourth-order valence-electron chi connectivity index (χ4n) is 5.45. The number of piperazine rings is 1. The van der Waals surface area contributed by atoms with Crippen molar-refractivity contribution >= 4 is 5.82 Å². The number of nitrogens with zero attached hydrogens (tertiary/aromatic N) is 6. The van der Waals surface area contributed by atoms with Crippen molar-refractivity contribution in [2.45, 2.75) is 52.1 Å². The lowest BCUT2D eigenvalue weighted by Gasteiger charge is -2.40. The van der Waals surface area contributed by atoms with Crippen LogP contribution in [-0.2, 0) is 13.0 Å². The van der Waals surface area contributed by atoms with Crippen LogP contribution in [0.1, 0.15) is 55.0 Å². The van der Waals surface area contributed by atoms with Gasteiger partial charge in [0.05, 0.1) is 17.4 Å². The van der Waals surface area contributed by atoms with Gasteiger partial charge in [0.15, 0.2) is 0 Å². The molecule has 5 rings (SSSR count). The van der Waals surface area contributed by atoms with Crippen LogP contribution in [0.15, 0.2) is 24.4 Å². The van der Waals surface area contributed by atoms with Gasteiger partial charge in [-0.2, -0.15) is 0 Å². The topological polar surface area (TPSA) is 48.4 Å². The molecule has 1 aliphatic heterocycles. The van der Waals surface area contributed by atoms with Crippen molar-refractivity contribution in [3.05, 3.63) is 47.2 Å². The first kappa shape index (κ1) is 19.9. The summed E-state index contributed by atoms with van der Waals surface area (Å²) in [5.41, 5.74) is 4.32. The molecule has 0 N–H and O–H groups in total. The van der Waals surface area contributed by atoms with Crippen LogP contribution in [0.2, 0.25) is 0 Å². The van der Waals surface area contributed by atoms with E-state index in [1.165, 1.54) is 36.9 Å². The maximum absolute atomic E-state index is 4.88. The number of aromatic nitrogens is 3. The van der Waals surface area contributed by atoms with Crippen LogP contribution in [0.25, 0.3) is 0 Å². The Balaban J connectivity index is 1.42. The number of anilines is 1. The summed E-state index contributed by atoms with van der Waals surface area (Å²) in [7, 11) is 2.19. The predicted molar refractivity (Wildman–Crippen MR) is 120 cm³/mol. The van der Waals surface area contributed by atoms with Gasteiger partial charge in [-0.25, -0.2) is 9.97 Å². The van der Waals surface area contributed by atoms with E-state index in [-0.39, 0.29) is 0 Å². The summed E-state index contributed by atoms with van der Waals surface area (Å²) in [5.74, 6) is 1.96. The maximum atomic E-state index is 4.88. The Morgan fingerprint density at radius 1 is 1.13 bits per heavy atom. The van der Waals surface area contributed by atoms with Crippen LogP contribution in [-0.4, -0.2) is 64.5 Å². The van der Waals surface area contributed by atoms with E-state index in [9.17, 15) is 0 Å². The first-order valence-electron chi connectivity index (χ1n) is 11.5.